The number of carbonyl (C=O) groups is 2. The molecule has 1 saturated heterocycles. The van der Waals surface area contributed by atoms with Crippen LogP contribution in [0.2, 0.25) is 5.02 Å². The van der Waals surface area contributed by atoms with Crippen molar-refractivity contribution in [3.8, 4) is 0 Å². The zero-order chi connectivity index (χ0) is 14.7. The predicted octanol–water partition coefficient (Wildman–Crippen LogP) is 1.46. The van der Waals surface area contributed by atoms with Crippen molar-refractivity contribution in [2.24, 2.45) is 0 Å². The van der Waals surface area contributed by atoms with Crippen LogP contribution in [0.3, 0.4) is 0 Å². The van der Waals surface area contributed by atoms with Gasteiger partial charge in [-0.1, -0.05) is 23.7 Å². The van der Waals surface area contributed by atoms with Crippen LogP contribution in [0.5, 0.6) is 0 Å². The summed E-state index contributed by atoms with van der Waals surface area (Å²) >= 11 is 5.82. The number of nitrogens with zero attached hydrogens (tertiary/aromatic N) is 2. The summed E-state index contributed by atoms with van der Waals surface area (Å²) in [4.78, 5) is 26.4. The van der Waals surface area contributed by atoms with Crippen LogP contribution in [-0.2, 0) is 16.1 Å². The molecule has 108 valence electrons. The van der Waals surface area contributed by atoms with Crippen LogP contribution < -0.4 is 0 Å². The van der Waals surface area contributed by atoms with Crippen LogP contribution in [0, 0.1) is 0 Å². The molecule has 2 rings (SSSR count). The minimum absolute atomic E-state index is 0.0423. The number of hydrogen-bond acceptors (Lipinski definition) is 3. The van der Waals surface area contributed by atoms with Gasteiger partial charge in [0.25, 0.3) is 0 Å². The zero-order valence-electron chi connectivity index (χ0n) is 11.3. The monoisotopic (exact) mass is 296 g/mol. The highest BCUT2D eigenvalue weighted by atomic mass is 35.5. The number of carboxylic acid groups (broad SMARTS) is 1. The Kier molecular flexibility index (Phi) is 4.62. The number of halogens is 1. The molecule has 1 aromatic carbocycles. The van der Waals surface area contributed by atoms with Crippen LogP contribution in [0.1, 0.15) is 12.5 Å². The van der Waals surface area contributed by atoms with Crippen molar-refractivity contribution in [3.05, 3.63) is 34.9 Å². The third-order valence-electron chi connectivity index (χ3n) is 3.54. The maximum atomic E-state index is 12.1. The molecule has 1 fully saturated rings. The maximum absolute atomic E-state index is 12.1. The van der Waals surface area contributed by atoms with Crippen molar-refractivity contribution in [2.45, 2.75) is 19.5 Å². The molecule has 0 aliphatic carbocycles. The van der Waals surface area contributed by atoms with Gasteiger partial charge in [0.15, 0.2) is 0 Å². The molecule has 1 aromatic rings. The first-order valence-electron chi connectivity index (χ1n) is 6.46. The average Bonchev–Trinajstić information content (AvgIpc) is 2.42. The lowest BCUT2D eigenvalue weighted by molar-refractivity contribution is -0.147. The third-order valence-corrected chi connectivity index (χ3v) is 3.79. The number of rotatable bonds is 4. The summed E-state index contributed by atoms with van der Waals surface area (Å²) in [5, 5.41) is 9.64. The van der Waals surface area contributed by atoms with Gasteiger partial charge in [-0.15, -0.1) is 0 Å². The number of benzene rings is 1. The minimum Gasteiger partial charge on any atom is -0.480 e. The van der Waals surface area contributed by atoms with E-state index in [9.17, 15) is 9.59 Å². The molecule has 1 aliphatic rings. The number of piperazine rings is 1. The van der Waals surface area contributed by atoms with Crippen molar-refractivity contribution in [1.82, 2.24) is 9.80 Å². The highest BCUT2D eigenvalue weighted by molar-refractivity contribution is 6.30. The molecule has 0 bridgehead atoms. The number of carbonyl (C=O) groups excluding carboxylic acids is 1. The van der Waals surface area contributed by atoms with Crippen molar-refractivity contribution in [3.63, 3.8) is 0 Å². The van der Waals surface area contributed by atoms with Crippen molar-refractivity contribution >= 4 is 23.5 Å². The summed E-state index contributed by atoms with van der Waals surface area (Å²) in [5.74, 6) is -0.941. The van der Waals surface area contributed by atoms with Gasteiger partial charge in [0.1, 0.15) is 6.04 Å². The van der Waals surface area contributed by atoms with Crippen LogP contribution in [0.15, 0.2) is 24.3 Å². The predicted molar refractivity (Wildman–Crippen MR) is 75.5 cm³/mol. The van der Waals surface area contributed by atoms with Gasteiger partial charge in [0.05, 0.1) is 6.54 Å². The van der Waals surface area contributed by atoms with Gasteiger partial charge in [-0.3, -0.25) is 14.5 Å². The molecule has 1 heterocycles. The quantitative estimate of drug-likeness (QED) is 0.914. The molecule has 0 radical (unpaired) electrons. The maximum Gasteiger partial charge on any atom is 0.320 e. The Morgan fingerprint density at radius 1 is 1.35 bits per heavy atom. The van der Waals surface area contributed by atoms with Crippen molar-refractivity contribution in [2.75, 3.05) is 19.6 Å². The lowest BCUT2D eigenvalue weighted by atomic mass is 10.1. The van der Waals surface area contributed by atoms with Crippen molar-refractivity contribution in [1.29, 1.82) is 0 Å². The summed E-state index contributed by atoms with van der Waals surface area (Å²) in [6.45, 7) is 3.41. The Hall–Kier alpha value is -1.59. The molecule has 5 nitrogen and oxygen atoms in total. The minimum atomic E-state index is -0.899. The molecule has 20 heavy (non-hydrogen) atoms. The molecule has 0 saturated carbocycles. The number of carboxylic acids is 1. The fourth-order valence-electron chi connectivity index (χ4n) is 2.19. The fourth-order valence-corrected chi connectivity index (χ4v) is 2.32. The molecular formula is C14H17ClN2O3. The first-order valence-corrected chi connectivity index (χ1v) is 6.84. The smallest absolute Gasteiger partial charge is 0.320 e. The first-order chi connectivity index (χ1) is 9.47. The summed E-state index contributed by atoms with van der Waals surface area (Å²) < 4.78 is 0. The molecule has 6 heteroatoms. The van der Waals surface area contributed by atoms with Gasteiger partial charge in [0.2, 0.25) is 5.91 Å². The van der Waals surface area contributed by atoms with E-state index in [1.54, 1.807) is 28.9 Å². The molecule has 0 spiro atoms. The van der Waals surface area contributed by atoms with E-state index in [-0.39, 0.29) is 12.5 Å². The van der Waals surface area contributed by atoms with E-state index in [0.717, 1.165) is 5.56 Å². The number of amides is 1. The second kappa shape index (κ2) is 6.24. The Morgan fingerprint density at radius 3 is 2.55 bits per heavy atom. The zero-order valence-corrected chi connectivity index (χ0v) is 12.0. The van der Waals surface area contributed by atoms with E-state index in [1.807, 2.05) is 12.1 Å². The molecule has 0 aromatic heterocycles. The highest BCUT2D eigenvalue weighted by Crippen LogP contribution is 2.14. The van der Waals surface area contributed by atoms with Gasteiger partial charge in [-0.25, -0.2) is 0 Å². The van der Waals surface area contributed by atoms with Crippen LogP contribution >= 0.6 is 11.6 Å². The number of aliphatic carboxylic acids is 1. The molecular weight excluding hydrogens is 280 g/mol. The molecule has 1 aliphatic heterocycles. The lowest BCUT2D eigenvalue weighted by Gasteiger charge is -2.36. The second-order valence-corrected chi connectivity index (χ2v) is 5.36. The Bertz CT molecular complexity index is 504. The summed E-state index contributed by atoms with van der Waals surface area (Å²) in [7, 11) is 0. The second-order valence-electron chi connectivity index (χ2n) is 4.93. The van der Waals surface area contributed by atoms with E-state index < -0.39 is 12.0 Å². The van der Waals surface area contributed by atoms with Crippen molar-refractivity contribution < 1.29 is 14.7 Å². The fraction of sp³-hybridized carbons (Fsp3) is 0.429. The van der Waals surface area contributed by atoms with Gasteiger partial charge in [0, 0.05) is 24.7 Å². The van der Waals surface area contributed by atoms with Crippen LogP contribution in [-0.4, -0.2) is 52.5 Å². The molecule has 1 amide bonds. The average molecular weight is 297 g/mol. The van der Waals surface area contributed by atoms with E-state index in [4.69, 9.17) is 16.7 Å². The van der Waals surface area contributed by atoms with Gasteiger partial charge in [-0.2, -0.15) is 0 Å². The summed E-state index contributed by atoms with van der Waals surface area (Å²) in [6, 6.07) is 6.74. The largest absolute Gasteiger partial charge is 0.480 e. The Balaban J connectivity index is 1.95. The van der Waals surface area contributed by atoms with E-state index in [0.29, 0.717) is 24.7 Å². The van der Waals surface area contributed by atoms with Gasteiger partial charge >= 0.3 is 5.97 Å². The summed E-state index contributed by atoms with van der Waals surface area (Å²) in [6.07, 6.45) is 0. The highest BCUT2D eigenvalue weighted by Gasteiger charge is 2.29. The SMILES string of the molecule is C[C@@H](C(=O)O)N1CCN(Cc2ccc(Cl)cc2)C(=O)C1. The van der Waals surface area contributed by atoms with Gasteiger partial charge < -0.3 is 10.0 Å². The van der Waals surface area contributed by atoms with Crippen LogP contribution in [0.4, 0.5) is 0 Å². The van der Waals surface area contributed by atoms with E-state index in [2.05, 4.69) is 0 Å². The van der Waals surface area contributed by atoms with Gasteiger partial charge in [-0.05, 0) is 24.6 Å². The normalized spacial score (nSPS) is 18.1. The Morgan fingerprint density at radius 2 is 2.00 bits per heavy atom. The molecule has 0 unspecified atom stereocenters. The lowest BCUT2D eigenvalue weighted by Crippen LogP contribution is -2.54. The Labute approximate surface area is 122 Å². The third kappa shape index (κ3) is 3.49. The molecule has 1 N–H and O–H groups in total. The van der Waals surface area contributed by atoms with Crippen LogP contribution in [0.25, 0.3) is 0 Å². The summed E-state index contributed by atoms with van der Waals surface area (Å²) in [5.41, 5.74) is 1.02. The number of hydrogen-bond donors (Lipinski definition) is 1. The first kappa shape index (κ1) is 14.8. The standard InChI is InChI=1S/C14H17ClN2O3/c1-10(14(19)20)16-6-7-17(13(18)9-16)8-11-2-4-12(15)5-3-11/h2-5,10H,6-9H2,1H3,(H,19,20)/t10-/m0/s1. The van der Waals surface area contributed by atoms with E-state index >= 15 is 0 Å². The van der Waals surface area contributed by atoms with E-state index in [1.165, 1.54) is 0 Å². The topological polar surface area (TPSA) is 60.9 Å². The molecule has 1 atom stereocenters.